The third kappa shape index (κ3) is 4.39. The largest absolute Gasteiger partial charge is 0.463 e. The average Bonchev–Trinajstić information content (AvgIpc) is 3.15. The van der Waals surface area contributed by atoms with Crippen molar-refractivity contribution < 1.29 is 23.8 Å². The van der Waals surface area contributed by atoms with Gasteiger partial charge in [-0.25, -0.2) is 14.3 Å². The van der Waals surface area contributed by atoms with E-state index < -0.39 is 30.4 Å². The molecule has 1 aliphatic heterocycles. The Kier molecular flexibility index (Phi) is 6.16. The Morgan fingerprint density at radius 3 is 2.76 bits per heavy atom. The molecule has 3 rings (SSSR count). The van der Waals surface area contributed by atoms with E-state index in [1.807, 2.05) is 6.92 Å². The van der Waals surface area contributed by atoms with Crippen LogP contribution in [0.2, 0.25) is 0 Å². The first-order chi connectivity index (χ1) is 13.8. The standard InChI is InChI=1S/C18H25N5O6/c1-4-5-6-22-13-8-20-17(19)21-15(13)23(18(22)26)16-14(28-11(3)25)7-12(29-16)9-27-10(2)24/h8,12,14,16H,4-7,9H2,1-3H3,(H2,19,20,21)/t12-,14+,16+/m0/s1. The average molecular weight is 407 g/mol. The van der Waals surface area contributed by atoms with Gasteiger partial charge in [0.15, 0.2) is 11.9 Å². The smallest absolute Gasteiger partial charge is 0.332 e. The van der Waals surface area contributed by atoms with Gasteiger partial charge in [-0.05, 0) is 6.42 Å². The molecule has 158 valence electrons. The van der Waals surface area contributed by atoms with Gasteiger partial charge in [0.1, 0.15) is 18.2 Å². The van der Waals surface area contributed by atoms with E-state index >= 15 is 0 Å². The number of carbonyl (C=O) groups excluding carboxylic acids is 2. The number of fused-ring (bicyclic) bond motifs is 1. The van der Waals surface area contributed by atoms with Crippen molar-refractivity contribution in [2.75, 3.05) is 12.3 Å². The summed E-state index contributed by atoms with van der Waals surface area (Å²) < 4.78 is 19.3. The zero-order valence-corrected chi connectivity index (χ0v) is 16.7. The van der Waals surface area contributed by atoms with Crippen LogP contribution in [0.5, 0.6) is 0 Å². The number of anilines is 1. The quantitative estimate of drug-likeness (QED) is 0.658. The number of hydrogen-bond acceptors (Lipinski definition) is 9. The Hall–Kier alpha value is -2.95. The summed E-state index contributed by atoms with van der Waals surface area (Å²) in [6, 6.07) is 0. The third-order valence-corrected chi connectivity index (χ3v) is 4.65. The number of hydrogen-bond donors (Lipinski definition) is 1. The van der Waals surface area contributed by atoms with Crippen molar-refractivity contribution in [3.63, 3.8) is 0 Å². The fourth-order valence-electron chi connectivity index (χ4n) is 3.41. The number of imidazole rings is 1. The van der Waals surface area contributed by atoms with E-state index in [1.54, 1.807) is 4.57 Å². The lowest BCUT2D eigenvalue weighted by Crippen LogP contribution is -2.33. The van der Waals surface area contributed by atoms with Crippen LogP contribution in [0.1, 0.15) is 46.3 Å². The molecule has 0 amide bonds. The number of aromatic nitrogens is 4. The fourth-order valence-corrected chi connectivity index (χ4v) is 3.41. The molecule has 1 saturated heterocycles. The molecule has 11 heteroatoms. The van der Waals surface area contributed by atoms with Crippen LogP contribution in [0.4, 0.5) is 5.95 Å². The summed E-state index contributed by atoms with van der Waals surface area (Å²) in [7, 11) is 0. The number of carbonyl (C=O) groups is 2. The molecule has 3 heterocycles. The summed E-state index contributed by atoms with van der Waals surface area (Å²) >= 11 is 0. The van der Waals surface area contributed by atoms with E-state index in [4.69, 9.17) is 19.9 Å². The van der Waals surface area contributed by atoms with Gasteiger partial charge in [-0.2, -0.15) is 4.98 Å². The van der Waals surface area contributed by atoms with Gasteiger partial charge in [0.05, 0.1) is 12.3 Å². The first-order valence-electron chi connectivity index (χ1n) is 9.51. The number of esters is 2. The van der Waals surface area contributed by atoms with Gasteiger partial charge in [-0.15, -0.1) is 0 Å². The van der Waals surface area contributed by atoms with Crippen molar-refractivity contribution in [1.29, 1.82) is 0 Å². The van der Waals surface area contributed by atoms with Crippen molar-refractivity contribution in [3.8, 4) is 0 Å². The van der Waals surface area contributed by atoms with Gasteiger partial charge < -0.3 is 19.9 Å². The minimum absolute atomic E-state index is 0.00997. The zero-order valence-electron chi connectivity index (χ0n) is 16.7. The van der Waals surface area contributed by atoms with Crippen LogP contribution in [0.25, 0.3) is 11.2 Å². The number of nitrogen functional groups attached to an aromatic ring is 1. The molecule has 11 nitrogen and oxygen atoms in total. The molecular weight excluding hydrogens is 382 g/mol. The fraction of sp³-hybridized carbons (Fsp3) is 0.611. The van der Waals surface area contributed by atoms with Crippen LogP contribution in [-0.2, 0) is 30.3 Å². The van der Waals surface area contributed by atoms with E-state index in [-0.39, 0.29) is 24.7 Å². The van der Waals surface area contributed by atoms with Gasteiger partial charge in [0.2, 0.25) is 5.95 Å². The molecule has 0 saturated carbocycles. The number of nitrogens with zero attached hydrogens (tertiary/aromatic N) is 4. The normalized spacial score (nSPS) is 21.4. The molecule has 3 atom stereocenters. The molecule has 0 unspecified atom stereocenters. The van der Waals surface area contributed by atoms with Gasteiger partial charge in [0.25, 0.3) is 0 Å². The van der Waals surface area contributed by atoms with Crippen LogP contribution in [-0.4, -0.2) is 49.9 Å². The molecule has 1 fully saturated rings. The number of unbranched alkanes of at least 4 members (excludes halogenated alkanes) is 1. The van der Waals surface area contributed by atoms with Gasteiger partial charge in [0, 0.05) is 26.8 Å². The molecule has 2 aromatic heterocycles. The maximum absolute atomic E-state index is 13.2. The zero-order chi connectivity index (χ0) is 21.1. The molecule has 0 aromatic carbocycles. The van der Waals surface area contributed by atoms with E-state index in [0.29, 0.717) is 17.7 Å². The number of rotatable bonds is 7. The summed E-state index contributed by atoms with van der Waals surface area (Å²) in [4.78, 5) is 44.2. The van der Waals surface area contributed by atoms with E-state index in [9.17, 15) is 14.4 Å². The van der Waals surface area contributed by atoms with Crippen LogP contribution < -0.4 is 11.4 Å². The van der Waals surface area contributed by atoms with Crippen molar-refractivity contribution in [3.05, 3.63) is 16.7 Å². The summed E-state index contributed by atoms with van der Waals surface area (Å²) in [6.45, 7) is 5.07. The second-order valence-electron chi connectivity index (χ2n) is 6.93. The van der Waals surface area contributed by atoms with E-state index in [2.05, 4.69) is 9.97 Å². The molecule has 2 aromatic rings. The molecule has 0 radical (unpaired) electrons. The highest BCUT2D eigenvalue weighted by Crippen LogP contribution is 2.33. The minimum Gasteiger partial charge on any atom is -0.463 e. The molecule has 29 heavy (non-hydrogen) atoms. The van der Waals surface area contributed by atoms with Crippen molar-refractivity contribution in [1.82, 2.24) is 19.1 Å². The Labute approximate surface area is 166 Å². The molecule has 0 aliphatic carbocycles. The Bertz CT molecular complexity index is 968. The van der Waals surface area contributed by atoms with Gasteiger partial charge in [-0.3, -0.25) is 14.2 Å². The first-order valence-corrected chi connectivity index (χ1v) is 9.51. The predicted octanol–water partition coefficient (Wildman–Crippen LogP) is 0.758. The summed E-state index contributed by atoms with van der Waals surface area (Å²) in [5, 5.41) is 0. The lowest BCUT2D eigenvalue weighted by atomic mass is 10.2. The Morgan fingerprint density at radius 2 is 2.10 bits per heavy atom. The van der Waals surface area contributed by atoms with Crippen LogP contribution in [0.15, 0.2) is 11.0 Å². The lowest BCUT2D eigenvalue weighted by molar-refractivity contribution is -0.153. The van der Waals surface area contributed by atoms with Crippen LogP contribution in [0, 0.1) is 0 Å². The third-order valence-electron chi connectivity index (χ3n) is 4.65. The maximum Gasteiger partial charge on any atom is 0.332 e. The van der Waals surface area contributed by atoms with Crippen molar-refractivity contribution >= 4 is 29.1 Å². The maximum atomic E-state index is 13.2. The molecule has 0 spiro atoms. The SMILES string of the molecule is CCCCn1c(=O)n([C@@H]2O[C@H](COC(C)=O)C[C@H]2OC(C)=O)c2nc(N)ncc21. The highest BCUT2D eigenvalue weighted by Gasteiger charge is 2.41. The first kappa shape index (κ1) is 20.8. The van der Waals surface area contributed by atoms with E-state index in [1.165, 1.54) is 24.6 Å². The van der Waals surface area contributed by atoms with Crippen LogP contribution >= 0.6 is 0 Å². The van der Waals surface area contributed by atoms with Crippen molar-refractivity contribution in [2.45, 2.75) is 65.0 Å². The predicted molar refractivity (Wildman–Crippen MR) is 102 cm³/mol. The summed E-state index contributed by atoms with van der Waals surface area (Å²) in [5.41, 5.74) is 6.21. The second kappa shape index (κ2) is 8.60. The number of ether oxygens (including phenoxy) is 3. The summed E-state index contributed by atoms with van der Waals surface area (Å²) in [5.74, 6) is -0.944. The molecule has 1 aliphatic rings. The van der Waals surface area contributed by atoms with Crippen LogP contribution in [0.3, 0.4) is 0 Å². The minimum atomic E-state index is -0.924. The highest BCUT2D eigenvalue weighted by molar-refractivity contribution is 5.72. The molecular formula is C18H25N5O6. The number of aryl methyl sites for hydroxylation is 1. The summed E-state index contributed by atoms with van der Waals surface area (Å²) in [6.07, 6.45) is 1.25. The molecule has 2 N–H and O–H groups in total. The number of nitrogens with two attached hydrogens (primary N) is 1. The van der Waals surface area contributed by atoms with Crippen molar-refractivity contribution in [2.24, 2.45) is 0 Å². The van der Waals surface area contributed by atoms with Gasteiger partial charge >= 0.3 is 17.6 Å². The lowest BCUT2D eigenvalue weighted by Gasteiger charge is -2.19. The molecule has 0 bridgehead atoms. The second-order valence-corrected chi connectivity index (χ2v) is 6.93. The van der Waals surface area contributed by atoms with E-state index in [0.717, 1.165) is 12.8 Å². The van der Waals surface area contributed by atoms with Gasteiger partial charge in [-0.1, -0.05) is 13.3 Å². The monoisotopic (exact) mass is 407 g/mol. The Balaban J connectivity index is 2.04. The topological polar surface area (TPSA) is 141 Å². The Morgan fingerprint density at radius 1 is 1.34 bits per heavy atom. The highest BCUT2D eigenvalue weighted by atomic mass is 16.6.